The average molecular weight is 204 g/mol. The molecule has 0 spiro atoms. The van der Waals surface area contributed by atoms with Crippen LogP contribution in [-0.2, 0) is 4.79 Å². The first-order valence-electron chi connectivity index (χ1n) is 4.92. The average Bonchev–Trinajstić information content (AvgIpc) is 2.57. The number of hydrogen-bond donors (Lipinski definition) is 0. The maximum Gasteiger partial charge on any atom is 0.258 e. The Kier molecular flexibility index (Phi) is 2.45. The fourth-order valence-corrected chi connectivity index (χ4v) is 1.51. The maximum atomic E-state index is 11.8. The van der Waals surface area contributed by atoms with E-state index in [-0.39, 0.29) is 11.8 Å². The van der Waals surface area contributed by atoms with Crippen molar-refractivity contribution in [3.8, 4) is 0 Å². The molecule has 1 aliphatic heterocycles. The molecule has 78 valence electrons. The third-order valence-electron chi connectivity index (χ3n) is 2.41. The molecule has 2 rings (SSSR count). The summed E-state index contributed by atoms with van der Waals surface area (Å²) in [5.74, 6) is 0.134. The van der Waals surface area contributed by atoms with Crippen LogP contribution in [-0.4, -0.2) is 21.6 Å². The molecule has 1 unspecified atom stereocenters. The van der Waals surface area contributed by atoms with Gasteiger partial charge in [0.2, 0.25) is 0 Å². The molecule has 0 bridgehead atoms. The van der Waals surface area contributed by atoms with E-state index in [9.17, 15) is 4.79 Å². The summed E-state index contributed by atoms with van der Waals surface area (Å²) in [6, 6.07) is 1.71. The molecule has 0 radical (unpaired) electrons. The maximum absolute atomic E-state index is 11.8. The Labute approximate surface area is 87.8 Å². The van der Waals surface area contributed by atoms with Gasteiger partial charge in [0.1, 0.15) is 0 Å². The molecular formula is C10H12N4O. The molecule has 0 fully saturated rings. The van der Waals surface area contributed by atoms with Crippen LogP contribution in [0.15, 0.2) is 23.6 Å². The largest absolute Gasteiger partial charge is 0.272 e. The van der Waals surface area contributed by atoms with Gasteiger partial charge in [0.15, 0.2) is 0 Å². The van der Waals surface area contributed by atoms with Crippen LogP contribution in [0.1, 0.15) is 20.3 Å². The molecule has 15 heavy (non-hydrogen) atoms. The number of hydrazone groups is 1. The molecule has 1 aliphatic rings. The molecule has 1 amide bonds. The van der Waals surface area contributed by atoms with E-state index in [1.165, 1.54) is 5.01 Å². The van der Waals surface area contributed by atoms with Crippen LogP contribution in [0.25, 0.3) is 0 Å². The van der Waals surface area contributed by atoms with Crippen LogP contribution < -0.4 is 5.01 Å². The molecule has 1 aromatic rings. The fourth-order valence-electron chi connectivity index (χ4n) is 1.51. The molecule has 0 saturated carbocycles. The van der Waals surface area contributed by atoms with Gasteiger partial charge in [0, 0.05) is 12.4 Å². The van der Waals surface area contributed by atoms with Crippen molar-refractivity contribution in [3.05, 3.63) is 18.5 Å². The van der Waals surface area contributed by atoms with Crippen LogP contribution in [0.3, 0.4) is 0 Å². The minimum absolute atomic E-state index is 0.0574. The van der Waals surface area contributed by atoms with Gasteiger partial charge in [-0.15, -0.1) is 0 Å². The van der Waals surface area contributed by atoms with Crippen molar-refractivity contribution in [2.24, 2.45) is 11.0 Å². The second-order valence-electron chi connectivity index (χ2n) is 3.37. The highest BCUT2D eigenvalue weighted by atomic mass is 16.2. The fraction of sp³-hybridized carbons (Fsp3) is 0.400. The van der Waals surface area contributed by atoms with Gasteiger partial charge in [-0.2, -0.15) is 10.1 Å². The number of anilines is 1. The second-order valence-corrected chi connectivity index (χ2v) is 3.37. The van der Waals surface area contributed by atoms with E-state index in [1.54, 1.807) is 18.5 Å². The zero-order chi connectivity index (χ0) is 10.8. The van der Waals surface area contributed by atoms with Crippen molar-refractivity contribution in [1.82, 2.24) is 9.97 Å². The van der Waals surface area contributed by atoms with Crippen LogP contribution in [0.5, 0.6) is 0 Å². The van der Waals surface area contributed by atoms with Crippen molar-refractivity contribution in [2.75, 3.05) is 5.01 Å². The van der Waals surface area contributed by atoms with Gasteiger partial charge >= 0.3 is 0 Å². The molecule has 0 aromatic carbocycles. The topological polar surface area (TPSA) is 58.5 Å². The van der Waals surface area contributed by atoms with Crippen LogP contribution in [0.4, 0.5) is 5.95 Å². The number of carbonyl (C=O) groups excluding carboxylic acids is 1. The summed E-state index contributed by atoms with van der Waals surface area (Å²) in [4.78, 5) is 19.8. The highest BCUT2D eigenvalue weighted by Gasteiger charge is 2.33. The lowest BCUT2D eigenvalue weighted by Gasteiger charge is -2.08. The first-order valence-corrected chi connectivity index (χ1v) is 4.92. The Hall–Kier alpha value is -1.78. The Morgan fingerprint density at radius 2 is 2.07 bits per heavy atom. The monoisotopic (exact) mass is 204 g/mol. The van der Waals surface area contributed by atoms with Crippen molar-refractivity contribution >= 4 is 17.6 Å². The summed E-state index contributed by atoms with van der Waals surface area (Å²) in [6.07, 6.45) is 3.97. The lowest BCUT2D eigenvalue weighted by Crippen LogP contribution is -2.26. The molecule has 5 heteroatoms. The number of amides is 1. The van der Waals surface area contributed by atoms with E-state index in [4.69, 9.17) is 0 Å². The smallest absolute Gasteiger partial charge is 0.258 e. The van der Waals surface area contributed by atoms with Crippen LogP contribution in [0, 0.1) is 5.92 Å². The van der Waals surface area contributed by atoms with Crippen molar-refractivity contribution in [1.29, 1.82) is 0 Å². The summed E-state index contributed by atoms with van der Waals surface area (Å²) in [5, 5.41) is 5.50. The lowest BCUT2D eigenvalue weighted by atomic mass is 10.0. The zero-order valence-corrected chi connectivity index (χ0v) is 8.71. The number of nitrogens with zero attached hydrogens (tertiary/aromatic N) is 4. The molecule has 0 aliphatic carbocycles. The third-order valence-corrected chi connectivity index (χ3v) is 2.41. The Morgan fingerprint density at radius 1 is 1.40 bits per heavy atom. The normalized spacial score (nSPS) is 20.7. The molecule has 1 aromatic heterocycles. The highest BCUT2D eigenvalue weighted by molar-refractivity contribution is 6.14. The van der Waals surface area contributed by atoms with Gasteiger partial charge in [-0.3, -0.25) is 4.79 Å². The minimum atomic E-state index is -0.154. The third kappa shape index (κ3) is 1.60. The predicted molar refractivity (Wildman–Crippen MR) is 56.4 cm³/mol. The van der Waals surface area contributed by atoms with Crippen molar-refractivity contribution in [2.45, 2.75) is 20.3 Å². The zero-order valence-electron chi connectivity index (χ0n) is 8.71. The Morgan fingerprint density at radius 3 is 2.60 bits per heavy atom. The van der Waals surface area contributed by atoms with Gasteiger partial charge in [-0.1, -0.05) is 6.92 Å². The van der Waals surface area contributed by atoms with E-state index in [0.717, 1.165) is 12.1 Å². The number of aromatic nitrogens is 2. The SMILES string of the molecule is CCC1=NN(c2ncccn2)C(=O)C1C. The number of hydrogen-bond acceptors (Lipinski definition) is 4. The van der Waals surface area contributed by atoms with Gasteiger partial charge in [0.05, 0.1) is 11.6 Å². The predicted octanol–water partition coefficient (Wildman–Crippen LogP) is 1.23. The summed E-state index contributed by atoms with van der Waals surface area (Å²) >= 11 is 0. The first kappa shape index (κ1) is 9.76. The summed E-state index contributed by atoms with van der Waals surface area (Å²) in [5.41, 5.74) is 0.882. The molecule has 1 atom stereocenters. The van der Waals surface area contributed by atoms with E-state index in [2.05, 4.69) is 15.1 Å². The van der Waals surface area contributed by atoms with E-state index in [0.29, 0.717) is 5.95 Å². The molecule has 2 heterocycles. The summed E-state index contributed by atoms with van der Waals surface area (Å²) < 4.78 is 0. The Bertz CT molecular complexity index is 401. The second kappa shape index (κ2) is 3.76. The molecule has 0 saturated heterocycles. The van der Waals surface area contributed by atoms with Crippen molar-refractivity contribution < 1.29 is 4.79 Å². The van der Waals surface area contributed by atoms with Gasteiger partial charge < -0.3 is 0 Å². The standard InChI is InChI=1S/C10H12N4O/c1-3-8-7(2)9(15)14(13-8)10-11-5-4-6-12-10/h4-7H,3H2,1-2H3. The van der Waals surface area contributed by atoms with Crippen LogP contribution >= 0.6 is 0 Å². The molecular weight excluding hydrogens is 192 g/mol. The van der Waals surface area contributed by atoms with Crippen molar-refractivity contribution in [3.63, 3.8) is 0 Å². The van der Waals surface area contributed by atoms with E-state index >= 15 is 0 Å². The van der Waals surface area contributed by atoms with Gasteiger partial charge in [-0.25, -0.2) is 9.97 Å². The van der Waals surface area contributed by atoms with Gasteiger partial charge in [-0.05, 0) is 19.4 Å². The Balaban J connectivity index is 2.33. The number of carbonyl (C=O) groups is 1. The lowest BCUT2D eigenvalue weighted by molar-refractivity contribution is -0.119. The highest BCUT2D eigenvalue weighted by Crippen LogP contribution is 2.20. The quantitative estimate of drug-likeness (QED) is 0.727. The number of rotatable bonds is 2. The molecule has 5 nitrogen and oxygen atoms in total. The van der Waals surface area contributed by atoms with Gasteiger partial charge in [0.25, 0.3) is 11.9 Å². The van der Waals surface area contributed by atoms with Crippen LogP contribution in [0.2, 0.25) is 0 Å². The minimum Gasteiger partial charge on any atom is -0.272 e. The van der Waals surface area contributed by atoms with E-state index < -0.39 is 0 Å². The van der Waals surface area contributed by atoms with E-state index in [1.807, 2.05) is 13.8 Å². The molecule has 0 N–H and O–H groups in total. The summed E-state index contributed by atoms with van der Waals surface area (Å²) in [6.45, 7) is 3.84. The summed E-state index contributed by atoms with van der Waals surface area (Å²) in [7, 11) is 0. The first-order chi connectivity index (χ1) is 7.24.